The highest BCUT2D eigenvalue weighted by atomic mass is 16.4. The quantitative estimate of drug-likeness (QED) is 0.573. The Hall–Kier alpha value is -1.10. The molecule has 0 rings (SSSR count). The normalized spacial score (nSPS) is 14.2. The van der Waals surface area contributed by atoms with Crippen LogP contribution in [-0.2, 0) is 9.59 Å². The predicted octanol–water partition coefficient (Wildman–Crippen LogP) is 0.731. The van der Waals surface area contributed by atoms with E-state index in [9.17, 15) is 9.59 Å². The number of nitrogens with two attached hydrogens (primary N) is 1. The van der Waals surface area contributed by atoms with E-state index in [2.05, 4.69) is 19.2 Å². The molecule has 0 aromatic rings. The molecule has 4 N–H and O–H groups in total. The van der Waals surface area contributed by atoms with Crippen LogP contribution in [0.1, 0.15) is 39.5 Å². The van der Waals surface area contributed by atoms with Gasteiger partial charge in [-0.3, -0.25) is 9.59 Å². The molecule has 1 amide bonds. The maximum atomic E-state index is 11.1. The molecule has 0 aliphatic carbocycles. The van der Waals surface area contributed by atoms with Gasteiger partial charge >= 0.3 is 5.97 Å². The van der Waals surface area contributed by atoms with E-state index in [0.29, 0.717) is 12.3 Å². The summed E-state index contributed by atoms with van der Waals surface area (Å²) in [5, 5.41) is 11.4. The van der Waals surface area contributed by atoms with Gasteiger partial charge in [0.1, 0.15) is 0 Å². The van der Waals surface area contributed by atoms with Crippen LogP contribution >= 0.6 is 0 Å². The number of carboxylic acid groups (broad SMARTS) is 1. The molecular weight excluding hydrogens is 208 g/mol. The first-order valence-corrected chi connectivity index (χ1v) is 5.70. The van der Waals surface area contributed by atoms with Crippen LogP contribution in [0.25, 0.3) is 0 Å². The lowest BCUT2D eigenvalue weighted by molar-refractivity contribution is -0.137. The molecule has 0 saturated heterocycles. The van der Waals surface area contributed by atoms with Gasteiger partial charge in [-0.15, -0.1) is 0 Å². The number of hydrogen-bond acceptors (Lipinski definition) is 3. The van der Waals surface area contributed by atoms with Crippen LogP contribution in [0.3, 0.4) is 0 Å². The van der Waals surface area contributed by atoms with Gasteiger partial charge in [-0.05, 0) is 12.3 Å². The summed E-state index contributed by atoms with van der Waals surface area (Å²) in [5.74, 6) is -0.784. The average molecular weight is 230 g/mol. The largest absolute Gasteiger partial charge is 0.481 e. The molecule has 16 heavy (non-hydrogen) atoms. The molecule has 0 aliphatic heterocycles. The Morgan fingerprint density at radius 2 is 2.06 bits per heavy atom. The SMILES string of the molecule is CCCC(C)CC(CC(=O)O)NC(=O)CN. The molecule has 0 fully saturated rings. The Morgan fingerprint density at radius 1 is 1.44 bits per heavy atom. The van der Waals surface area contributed by atoms with E-state index < -0.39 is 5.97 Å². The van der Waals surface area contributed by atoms with Crippen molar-refractivity contribution in [3.8, 4) is 0 Å². The van der Waals surface area contributed by atoms with Crippen LogP contribution in [-0.4, -0.2) is 29.6 Å². The van der Waals surface area contributed by atoms with E-state index in [0.717, 1.165) is 12.8 Å². The molecule has 2 atom stereocenters. The van der Waals surface area contributed by atoms with Crippen molar-refractivity contribution in [3.63, 3.8) is 0 Å². The van der Waals surface area contributed by atoms with Crippen molar-refractivity contribution in [1.82, 2.24) is 5.32 Å². The summed E-state index contributed by atoms with van der Waals surface area (Å²) in [6, 6.07) is -0.310. The van der Waals surface area contributed by atoms with Crippen LogP contribution in [0.2, 0.25) is 0 Å². The van der Waals surface area contributed by atoms with E-state index in [-0.39, 0.29) is 24.9 Å². The number of carbonyl (C=O) groups excluding carboxylic acids is 1. The van der Waals surface area contributed by atoms with Crippen molar-refractivity contribution in [3.05, 3.63) is 0 Å². The summed E-state index contributed by atoms with van der Waals surface area (Å²) in [6.45, 7) is 4.05. The summed E-state index contributed by atoms with van der Waals surface area (Å²) in [7, 11) is 0. The minimum atomic E-state index is -0.897. The fourth-order valence-electron chi connectivity index (χ4n) is 1.79. The Kier molecular flexibility index (Phi) is 7.54. The summed E-state index contributed by atoms with van der Waals surface area (Å²) in [6.07, 6.45) is 2.74. The molecule has 0 bridgehead atoms. The van der Waals surface area contributed by atoms with Crippen molar-refractivity contribution >= 4 is 11.9 Å². The minimum absolute atomic E-state index is 0.0419. The Balaban J connectivity index is 4.19. The zero-order valence-electron chi connectivity index (χ0n) is 10.0. The van der Waals surface area contributed by atoms with Crippen molar-refractivity contribution in [1.29, 1.82) is 0 Å². The number of amides is 1. The van der Waals surface area contributed by atoms with Gasteiger partial charge in [-0.1, -0.05) is 26.7 Å². The van der Waals surface area contributed by atoms with Gasteiger partial charge in [0.25, 0.3) is 0 Å². The number of rotatable bonds is 8. The number of aliphatic carboxylic acids is 1. The molecule has 0 radical (unpaired) electrons. The fourth-order valence-corrected chi connectivity index (χ4v) is 1.79. The van der Waals surface area contributed by atoms with Crippen LogP contribution < -0.4 is 11.1 Å². The summed E-state index contributed by atoms with van der Waals surface area (Å²) in [4.78, 5) is 21.8. The van der Waals surface area contributed by atoms with Crippen molar-refractivity contribution in [2.75, 3.05) is 6.54 Å². The smallest absolute Gasteiger partial charge is 0.305 e. The molecule has 5 heteroatoms. The number of carbonyl (C=O) groups is 2. The Bertz CT molecular complexity index is 231. The third kappa shape index (κ3) is 7.23. The summed E-state index contributed by atoms with van der Waals surface area (Å²) in [5.41, 5.74) is 5.18. The lowest BCUT2D eigenvalue weighted by atomic mass is 9.95. The molecule has 5 nitrogen and oxygen atoms in total. The Morgan fingerprint density at radius 3 is 2.50 bits per heavy atom. The van der Waals surface area contributed by atoms with Crippen LogP contribution in [0, 0.1) is 5.92 Å². The third-order valence-corrected chi connectivity index (χ3v) is 2.44. The van der Waals surface area contributed by atoms with Crippen LogP contribution in [0.15, 0.2) is 0 Å². The van der Waals surface area contributed by atoms with Gasteiger partial charge in [-0.2, -0.15) is 0 Å². The van der Waals surface area contributed by atoms with Gasteiger partial charge in [0.2, 0.25) is 5.91 Å². The molecule has 94 valence electrons. The number of nitrogens with one attached hydrogen (secondary N) is 1. The van der Waals surface area contributed by atoms with E-state index >= 15 is 0 Å². The molecular formula is C11H22N2O3. The second-order valence-electron chi connectivity index (χ2n) is 4.20. The van der Waals surface area contributed by atoms with E-state index in [1.165, 1.54) is 0 Å². The first-order chi connectivity index (χ1) is 7.49. The van der Waals surface area contributed by atoms with Crippen molar-refractivity contribution < 1.29 is 14.7 Å². The lowest BCUT2D eigenvalue weighted by Gasteiger charge is -2.20. The summed E-state index contributed by atoms with van der Waals surface area (Å²) >= 11 is 0. The topological polar surface area (TPSA) is 92.4 Å². The standard InChI is InChI=1S/C11H22N2O3/c1-3-4-8(2)5-9(6-11(15)16)13-10(14)7-12/h8-9H,3-7,12H2,1-2H3,(H,13,14)(H,15,16). The molecule has 0 aromatic heterocycles. The van der Waals surface area contributed by atoms with Crippen molar-refractivity contribution in [2.45, 2.75) is 45.6 Å². The highest BCUT2D eigenvalue weighted by molar-refractivity contribution is 5.79. The number of hydrogen-bond donors (Lipinski definition) is 3. The van der Waals surface area contributed by atoms with Gasteiger partial charge in [-0.25, -0.2) is 0 Å². The molecule has 0 spiro atoms. The highest BCUT2D eigenvalue weighted by Gasteiger charge is 2.17. The van der Waals surface area contributed by atoms with E-state index in [4.69, 9.17) is 10.8 Å². The van der Waals surface area contributed by atoms with E-state index in [1.54, 1.807) is 0 Å². The Labute approximate surface area is 96.4 Å². The predicted molar refractivity (Wildman–Crippen MR) is 61.9 cm³/mol. The van der Waals surface area contributed by atoms with Crippen LogP contribution in [0.4, 0.5) is 0 Å². The molecule has 0 heterocycles. The maximum Gasteiger partial charge on any atom is 0.305 e. The zero-order chi connectivity index (χ0) is 12.6. The maximum absolute atomic E-state index is 11.1. The van der Waals surface area contributed by atoms with Gasteiger partial charge < -0.3 is 16.2 Å². The van der Waals surface area contributed by atoms with Crippen molar-refractivity contribution in [2.24, 2.45) is 11.7 Å². The first kappa shape index (κ1) is 14.9. The minimum Gasteiger partial charge on any atom is -0.481 e. The fraction of sp³-hybridized carbons (Fsp3) is 0.818. The van der Waals surface area contributed by atoms with Crippen LogP contribution in [0.5, 0.6) is 0 Å². The lowest BCUT2D eigenvalue weighted by Crippen LogP contribution is -2.40. The number of carboxylic acids is 1. The molecule has 2 unspecified atom stereocenters. The highest BCUT2D eigenvalue weighted by Crippen LogP contribution is 2.14. The second-order valence-corrected chi connectivity index (χ2v) is 4.20. The summed E-state index contributed by atoms with van der Waals surface area (Å²) < 4.78 is 0. The molecule has 0 aromatic carbocycles. The first-order valence-electron chi connectivity index (χ1n) is 5.70. The van der Waals surface area contributed by atoms with Gasteiger partial charge in [0, 0.05) is 6.04 Å². The monoisotopic (exact) mass is 230 g/mol. The van der Waals surface area contributed by atoms with Gasteiger partial charge in [0.05, 0.1) is 13.0 Å². The zero-order valence-corrected chi connectivity index (χ0v) is 10.0. The van der Waals surface area contributed by atoms with Gasteiger partial charge in [0.15, 0.2) is 0 Å². The molecule has 0 aliphatic rings. The molecule has 0 saturated carbocycles. The average Bonchev–Trinajstić information content (AvgIpc) is 2.16. The third-order valence-electron chi connectivity index (χ3n) is 2.44. The second kappa shape index (κ2) is 8.10. The van der Waals surface area contributed by atoms with E-state index in [1.807, 2.05) is 0 Å².